The van der Waals surface area contributed by atoms with Gasteiger partial charge in [-0.05, 0) is 36.6 Å². The summed E-state index contributed by atoms with van der Waals surface area (Å²) >= 11 is 0. The summed E-state index contributed by atoms with van der Waals surface area (Å²) in [4.78, 5) is 14.8. The molecule has 0 atom stereocenters. The first kappa shape index (κ1) is 22.0. The number of carbonyl (C=O) groups is 1. The fourth-order valence-electron chi connectivity index (χ4n) is 3.62. The molecule has 0 N–H and O–H groups in total. The first-order valence-corrected chi connectivity index (χ1v) is 11.8. The lowest BCUT2D eigenvalue weighted by Gasteiger charge is -2.22. The summed E-state index contributed by atoms with van der Waals surface area (Å²) < 4.78 is 41.1. The molecular formula is C23H27FN2O3S. The van der Waals surface area contributed by atoms with Crippen LogP contribution in [0.5, 0.6) is 0 Å². The Morgan fingerprint density at radius 3 is 2.27 bits per heavy atom. The van der Waals surface area contributed by atoms with Crippen LogP contribution in [-0.4, -0.2) is 36.9 Å². The fourth-order valence-corrected chi connectivity index (χ4v) is 5.20. The Labute approximate surface area is 177 Å². The van der Waals surface area contributed by atoms with Crippen molar-refractivity contribution in [1.29, 1.82) is 0 Å². The maximum absolute atomic E-state index is 13.2. The molecule has 7 heteroatoms. The van der Waals surface area contributed by atoms with Crippen LogP contribution in [-0.2, 0) is 26.9 Å². The van der Waals surface area contributed by atoms with Crippen molar-refractivity contribution in [2.24, 2.45) is 0 Å². The summed E-state index contributed by atoms with van der Waals surface area (Å²) in [5, 5.41) is 0.588. The molecule has 0 aliphatic rings. The van der Waals surface area contributed by atoms with E-state index in [1.165, 1.54) is 24.3 Å². The Bertz CT molecular complexity index is 1120. The predicted molar refractivity (Wildman–Crippen MR) is 116 cm³/mol. The molecule has 0 unspecified atom stereocenters. The van der Waals surface area contributed by atoms with Crippen molar-refractivity contribution < 1.29 is 17.6 Å². The number of amides is 1. The van der Waals surface area contributed by atoms with E-state index in [-0.39, 0.29) is 23.1 Å². The van der Waals surface area contributed by atoms with Crippen LogP contribution in [0.3, 0.4) is 0 Å². The SMILES string of the molecule is CCCN(CCC)C(=O)Cn1cc(S(=O)(=O)Cc2ccc(F)cc2)c2ccccc21. The fraction of sp³-hybridized carbons (Fsp3) is 0.348. The lowest BCUT2D eigenvalue weighted by molar-refractivity contribution is -0.131. The molecule has 2 aromatic carbocycles. The van der Waals surface area contributed by atoms with E-state index < -0.39 is 15.7 Å². The Kier molecular flexibility index (Phi) is 6.92. The molecule has 160 valence electrons. The van der Waals surface area contributed by atoms with E-state index >= 15 is 0 Å². The zero-order chi connectivity index (χ0) is 21.7. The molecule has 0 fully saturated rings. The molecule has 3 rings (SSSR count). The van der Waals surface area contributed by atoms with Crippen LogP contribution in [0.4, 0.5) is 4.39 Å². The van der Waals surface area contributed by atoms with Crippen LogP contribution in [0.15, 0.2) is 59.6 Å². The van der Waals surface area contributed by atoms with Crippen LogP contribution in [0.1, 0.15) is 32.3 Å². The molecule has 30 heavy (non-hydrogen) atoms. The van der Waals surface area contributed by atoms with Gasteiger partial charge < -0.3 is 9.47 Å². The number of nitrogens with zero attached hydrogens (tertiary/aromatic N) is 2. The van der Waals surface area contributed by atoms with E-state index in [0.717, 1.165) is 12.8 Å². The second kappa shape index (κ2) is 9.43. The summed E-state index contributed by atoms with van der Waals surface area (Å²) in [6.07, 6.45) is 3.29. The number of fused-ring (bicyclic) bond motifs is 1. The van der Waals surface area contributed by atoms with Gasteiger partial charge in [0.2, 0.25) is 5.91 Å². The van der Waals surface area contributed by atoms with Crippen LogP contribution >= 0.6 is 0 Å². The van der Waals surface area contributed by atoms with Gasteiger partial charge in [0.1, 0.15) is 12.4 Å². The number of rotatable bonds is 9. The first-order chi connectivity index (χ1) is 14.4. The first-order valence-electron chi connectivity index (χ1n) is 10.2. The zero-order valence-corrected chi connectivity index (χ0v) is 18.2. The molecule has 0 radical (unpaired) electrons. The molecule has 0 saturated carbocycles. The third-order valence-corrected chi connectivity index (χ3v) is 6.71. The Balaban J connectivity index is 1.95. The lowest BCUT2D eigenvalue weighted by atomic mass is 10.2. The minimum atomic E-state index is -3.68. The van der Waals surface area contributed by atoms with E-state index in [4.69, 9.17) is 0 Å². The second-order valence-corrected chi connectivity index (χ2v) is 9.36. The van der Waals surface area contributed by atoms with Gasteiger partial charge in [0.25, 0.3) is 0 Å². The third kappa shape index (κ3) is 4.90. The number of halogens is 1. The molecular weight excluding hydrogens is 403 g/mol. The number of para-hydroxylation sites is 1. The summed E-state index contributed by atoms with van der Waals surface area (Å²) in [5.74, 6) is -0.663. The summed E-state index contributed by atoms with van der Waals surface area (Å²) in [7, 11) is -3.68. The van der Waals surface area contributed by atoms with E-state index in [1.807, 2.05) is 30.9 Å². The quantitative estimate of drug-likeness (QED) is 0.505. The Hall–Kier alpha value is -2.67. The third-order valence-electron chi connectivity index (χ3n) is 5.00. The highest BCUT2D eigenvalue weighted by Gasteiger charge is 2.23. The average Bonchev–Trinajstić information content (AvgIpc) is 3.09. The molecule has 5 nitrogen and oxygen atoms in total. The van der Waals surface area contributed by atoms with Gasteiger partial charge in [-0.2, -0.15) is 0 Å². The standard InChI is InChI=1S/C23H27FN2O3S/c1-3-13-25(14-4-2)23(27)16-26-15-22(20-7-5-6-8-21(20)26)30(28,29)17-18-9-11-19(24)12-10-18/h5-12,15H,3-4,13-14,16-17H2,1-2H3. The van der Waals surface area contributed by atoms with Crippen LogP contribution in [0.25, 0.3) is 10.9 Å². The highest BCUT2D eigenvalue weighted by Crippen LogP contribution is 2.28. The normalized spacial score (nSPS) is 11.7. The van der Waals surface area contributed by atoms with E-state index in [2.05, 4.69) is 0 Å². The second-order valence-electron chi connectivity index (χ2n) is 7.40. The van der Waals surface area contributed by atoms with Crippen molar-refractivity contribution in [3.63, 3.8) is 0 Å². The van der Waals surface area contributed by atoms with Gasteiger partial charge in [-0.25, -0.2) is 12.8 Å². The van der Waals surface area contributed by atoms with Crippen LogP contribution in [0, 0.1) is 5.82 Å². The monoisotopic (exact) mass is 430 g/mol. The smallest absolute Gasteiger partial charge is 0.242 e. The maximum atomic E-state index is 13.2. The number of hydrogen-bond donors (Lipinski definition) is 0. The van der Waals surface area contributed by atoms with Gasteiger partial charge in [-0.15, -0.1) is 0 Å². The number of hydrogen-bond acceptors (Lipinski definition) is 3. The van der Waals surface area contributed by atoms with Crippen LogP contribution < -0.4 is 0 Å². The topological polar surface area (TPSA) is 59.4 Å². The molecule has 3 aromatic rings. The van der Waals surface area contributed by atoms with Gasteiger partial charge in [0.15, 0.2) is 9.84 Å². The molecule has 1 aromatic heterocycles. The zero-order valence-electron chi connectivity index (χ0n) is 17.3. The predicted octanol–water partition coefficient (Wildman–Crippen LogP) is 4.40. The minimum absolute atomic E-state index is 0.0260. The Morgan fingerprint density at radius 2 is 1.63 bits per heavy atom. The van der Waals surface area contributed by atoms with Gasteiger partial charge in [0, 0.05) is 30.2 Å². The molecule has 0 bridgehead atoms. The van der Waals surface area contributed by atoms with Crippen molar-refractivity contribution in [3.05, 3.63) is 66.1 Å². The van der Waals surface area contributed by atoms with Gasteiger partial charge in [-0.3, -0.25) is 4.79 Å². The van der Waals surface area contributed by atoms with Crippen molar-refractivity contribution in [2.75, 3.05) is 13.1 Å². The summed E-state index contributed by atoms with van der Waals surface area (Å²) in [6, 6.07) is 12.6. The largest absolute Gasteiger partial charge is 0.341 e. The number of carbonyl (C=O) groups excluding carboxylic acids is 1. The lowest BCUT2D eigenvalue weighted by Crippen LogP contribution is -2.35. The number of benzene rings is 2. The minimum Gasteiger partial charge on any atom is -0.341 e. The van der Waals surface area contributed by atoms with Gasteiger partial charge in [0.05, 0.1) is 10.6 Å². The van der Waals surface area contributed by atoms with Crippen molar-refractivity contribution in [2.45, 2.75) is 43.9 Å². The van der Waals surface area contributed by atoms with Crippen molar-refractivity contribution in [3.8, 4) is 0 Å². The molecule has 0 spiro atoms. The van der Waals surface area contributed by atoms with Crippen molar-refractivity contribution >= 4 is 26.6 Å². The molecule has 1 heterocycles. The molecule has 0 aliphatic heterocycles. The van der Waals surface area contributed by atoms with E-state index in [0.29, 0.717) is 29.6 Å². The highest BCUT2D eigenvalue weighted by atomic mass is 32.2. The molecule has 0 aliphatic carbocycles. The van der Waals surface area contributed by atoms with Gasteiger partial charge >= 0.3 is 0 Å². The summed E-state index contributed by atoms with van der Waals surface area (Å²) in [5.41, 5.74) is 1.22. The molecule has 0 saturated heterocycles. The maximum Gasteiger partial charge on any atom is 0.242 e. The summed E-state index contributed by atoms with van der Waals surface area (Å²) in [6.45, 7) is 5.51. The van der Waals surface area contributed by atoms with E-state index in [9.17, 15) is 17.6 Å². The molecule has 1 amide bonds. The number of aromatic nitrogens is 1. The van der Waals surface area contributed by atoms with Crippen molar-refractivity contribution in [1.82, 2.24) is 9.47 Å². The van der Waals surface area contributed by atoms with Gasteiger partial charge in [-0.1, -0.05) is 44.2 Å². The number of sulfone groups is 1. The highest BCUT2D eigenvalue weighted by molar-refractivity contribution is 7.90. The average molecular weight is 431 g/mol. The van der Waals surface area contributed by atoms with Crippen LogP contribution in [0.2, 0.25) is 0 Å². The van der Waals surface area contributed by atoms with E-state index in [1.54, 1.807) is 22.9 Å². The Morgan fingerprint density at radius 1 is 1.00 bits per heavy atom.